The first kappa shape index (κ1) is 13.1. The second-order valence-corrected chi connectivity index (χ2v) is 5.39. The van der Waals surface area contributed by atoms with Gasteiger partial charge in [0.1, 0.15) is 0 Å². The van der Waals surface area contributed by atoms with E-state index in [1.54, 1.807) is 0 Å². The predicted molar refractivity (Wildman–Crippen MR) is 60.9 cm³/mol. The summed E-state index contributed by atoms with van der Waals surface area (Å²) in [7, 11) is 2.10. The number of likely N-dealkylation sites (N-methyl/N-ethyl adjacent to an activating group) is 1. The Morgan fingerprint density at radius 2 is 1.41 bits per heavy atom. The van der Waals surface area contributed by atoms with Crippen molar-refractivity contribution in [1.82, 2.24) is 9.80 Å². The Balaban J connectivity index is 1.79. The van der Waals surface area contributed by atoms with E-state index in [1.165, 1.54) is 0 Å². The van der Waals surface area contributed by atoms with E-state index in [0.29, 0.717) is 31.7 Å². The fourth-order valence-electron chi connectivity index (χ4n) is 2.96. The van der Waals surface area contributed by atoms with Gasteiger partial charge in [-0.1, -0.05) is 0 Å². The van der Waals surface area contributed by atoms with Crippen molar-refractivity contribution >= 4 is 0 Å². The maximum absolute atomic E-state index is 12.5. The molecule has 2 nitrogen and oxygen atoms in total. The summed E-state index contributed by atoms with van der Waals surface area (Å²) in [5, 5.41) is 0. The lowest BCUT2D eigenvalue weighted by Gasteiger charge is -2.41. The number of hydrogen-bond donors (Lipinski definition) is 0. The summed E-state index contributed by atoms with van der Waals surface area (Å²) in [6.45, 7) is 4.11. The van der Waals surface area contributed by atoms with Gasteiger partial charge in [0.15, 0.2) is 0 Å². The molecule has 1 aliphatic heterocycles. The van der Waals surface area contributed by atoms with Gasteiger partial charge < -0.3 is 4.90 Å². The summed E-state index contributed by atoms with van der Waals surface area (Å²) in [5.41, 5.74) is 0. The molecule has 0 aromatic carbocycles. The van der Waals surface area contributed by atoms with Crippen LogP contribution in [0.15, 0.2) is 0 Å². The van der Waals surface area contributed by atoms with Crippen LogP contribution < -0.4 is 0 Å². The fraction of sp³-hybridized carbons (Fsp3) is 1.00. The van der Waals surface area contributed by atoms with Gasteiger partial charge >= 0.3 is 6.18 Å². The topological polar surface area (TPSA) is 6.48 Å². The molecule has 0 N–H and O–H groups in total. The third kappa shape index (κ3) is 3.35. The monoisotopic (exact) mass is 250 g/mol. The molecule has 1 heterocycles. The molecule has 0 aromatic heterocycles. The molecule has 0 unspecified atom stereocenters. The Hall–Kier alpha value is -0.290. The molecule has 2 rings (SSSR count). The van der Waals surface area contributed by atoms with Crippen LogP contribution in [0, 0.1) is 5.92 Å². The van der Waals surface area contributed by atoms with E-state index in [9.17, 15) is 13.2 Å². The van der Waals surface area contributed by atoms with Crippen molar-refractivity contribution in [3.8, 4) is 0 Å². The van der Waals surface area contributed by atoms with Gasteiger partial charge in [0.05, 0.1) is 5.92 Å². The number of halogens is 3. The van der Waals surface area contributed by atoms with Crippen molar-refractivity contribution in [1.29, 1.82) is 0 Å². The molecule has 1 saturated heterocycles. The number of piperazine rings is 1. The second-order valence-electron chi connectivity index (χ2n) is 5.39. The van der Waals surface area contributed by atoms with Gasteiger partial charge in [0.2, 0.25) is 0 Å². The van der Waals surface area contributed by atoms with Gasteiger partial charge in [-0.25, -0.2) is 0 Å². The van der Waals surface area contributed by atoms with E-state index >= 15 is 0 Å². The van der Waals surface area contributed by atoms with Crippen molar-refractivity contribution in [2.24, 2.45) is 5.92 Å². The summed E-state index contributed by atoms with van der Waals surface area (Å²) in [6.07, 6.45) is -1.91. The molecular weight excluding hydrogens is 229 g/mol. The van der Waals surface area contributed by atoms with E-state index in [-0.39, 0.29) is 0 Å². The highest BCUT2D eigenvalue weighted by atomic mass is 19.4. The van der Waals surface area contributed by atoms with Crippen LogP contribution in [0.3, 0.4) is 0 Å². The molecule has 2 aliphatic rings. The SMILES string of the molecule is CN1CCN([C@H]2CC[C@@H](C(F)(F)F)CC2)CC1. The summed E-state index contributed by atoms with van der Waals surface area (Å²) in [5.74, 6) is -1.05. The van der Waals surface area contributed by atoms with E-state index in [0.717, 1.165) is 26.2 Å². The summed E-state index contributed by atoms with van der Waals surface area (Å²) in [4.78, 5) is 4.66. The zero-order chi connectivity index (χ0) is 12.5. The molecule has 0 spiro atoms. The van der Waals surface area contributed by atoms with Crippen molar-refractivity contribution in [2.45, 2.75) is 37.9 Å². The molecule has 1 aliphatic carbocycles. The lowest BCUT2D eigenvalue weighted by atomic mass is 9.84. The molecule has 1 saturated carbocycles. The van der Waals surface area contributed by atoms with Crippen LogP contribution in [-0.4, -0.2) is 55.2 Å². The first-order valence-corrected chi connectivity index (χ1v) is 6.46. The van der Waals surface area contributed by atoms with Crippen molar-refractivity contribution in [2.75, 3.05) is 33.2 Å². The van der Waals surface area contributed by atoms with Gasteiger partial charge in [-0.3, -0.25) is 4.90 Å². The Morgan fingerprint density at radius 3 is 1.88 bits per heavy atom. The number of rotatable bonds is 1. The molecule has 0 aromatic rings. The number of hydrogen-bond acceptors (Lipinski definition) is 2. The highest BCUT2D eigenvalue weighted by Gasteiger charge is 2.42. The molecule has 0 bridgehead atoms. The first-order valence-electron chi connectivity index (χ1n) is 6.46. The Morgan fingerprint density at radius 1 is 0.882 bits per heavy atom. The maximum atomic E-state index is 12.5. The van der Waals surface area contributed by atoms with Crippen molar-refractivity contribution in [3.63, 3.8) is 0 Å². The van der Waals surface area contributed by atoms with Crippen LogP contribution >= 0.6 is 0 Å². The minimum absolute atomic E-state index is 0.320. The predicted octanol–water partition coefficient (Wildman–Crippen LogP) is 2.35. The van der Waals surface area contributed by atoms with E-state index in [4.69, 9.17) is 0 Å². The Kier molecular flexibility index (Phi) is 3.98. The molecule has 0 amide bonds. The van der Waals surface area contributed by atoms with Crippen LogP contribution in [0.2, 0.25) is 0 Å². The first-order chi connectivity index (χ1) is 7.97. The number of nitrogens with zero attached hydrogens (tertiary/aromatic N) is 2. The van der Waals surface area contributed by atoms with Gasteiger partial charge in [0, 0.05) is 32.2 Å². The standard InChI is InChI=1S/C12H21F3N2/c1-16-6-8-17(9-7-16)11-4-2-10(3-5-11)12(13,14)15/h10-11H,2-9H2,1H3/t10-,11+. The average Bonchev–Trinajstić information content (AvgIpc) is 2.29. The highest BCUT2D eigenvalue weighted by molar-refractivity contribution is 4.84. The normalized spacial score (nSPS) is 33.9. The lowest BCUT2D eigenvalue weighted by Crippen LogP contribution is -2.50. The van der Waals surface area contributed by atoms with Crippen LogP contribution in [0.1, 0.15) is 25.7 Å². The van der Waals surface area contributed by atoms with Gasteiger partial charge in [-0.2, -0.15) is 13.2 Å². The second kappa shape index (κ2) is 5.14. The van der Waals surface area contributed by atoms with E-state index in [2.05, 4.69) is 16.8 Å². The van der Waals surface area contributed by atoms with Gasteiger partial charge in [-0.05, 0) is 32.7 Å². The van der Waals surface area contributed by atoms with Crippen LogP contribution in [0.4, 0.5) is 13.2 Å². The van der Waals surface area contributed by atoms with Crippen LogP contribution in [-0.2, 0) is 0 Å². The van der Waals surface area contributed by atoms with Crippen molar-refractivity contribution < 1.29 is 13.2 Å². The minimum atomic E-state index is -3.98. The summed E-state index contributed by atoms with van der Waals surface area (Å²) in [6, 6.07) is 0.391. The van der Waals surface area contributed by atoms with Gasteiger partial charge in [0.25, 0.3) is 0 Å². The Bertz CT molecular complexity index is 239. The smallest absolute Gasteiger partial charge is 0.304 e. The molecule has 5 heteroatoms. The molecule has 0 radical (unpaired) electrons. The summed E-state index contributed by atoms with van der Waals surface area (Å²) >= 11 is 0. The van der Waals surface area contributed by atoms with Crippen molar-refractivity contribution in [3.05, 3.63) is 0 Å². The molecule has 0 atom stereocenters. The van der Waals surface area contributed by atoms with Crippen LogP contribution in [0.5, 0.6) is 0 Å². The third-order valence-corrected chi connectivity index (χ3v) is 4.21. The molecule has 17 heavy (non-hydrogen) atoms. The lowest BCUT2D eigenvalue weighted by molar-refractivity contribution is -0.184. The molecular formula is C12H21F3N2. The van der Waals surface area contributed by atoms with Gasteiger partial charge in [-0.15, -0.1) is 0 Å². The maximum Gasteiger partial charge on any atom is 0.391 e. The fourth-order valence-corrected chi connectivity index (χ4v) is 2.96. The highest BCUT2D eigenvalue weighted by Crippen LogP contribution is 2.38. The molecule has 2 fully saturated rings. The average molecular weight is 250 g/mol. The largest absolute Gasteiger partial charge is 0.391 e. The Labute approximate surface area is 101 Å². The van der Waals surface area contributed by atoms with E-state index < -0.39 is 12.1 Å². The zero-order valence-electron chi connectivity index (χ0n) is 10.3. The number of alkyl halides is 3. The third-order valence-electron chi connectivity index (χ3n) is 4.21. The summed E-state index contributed by atoms with van der Waals surface area (Å²) < 4.78 is 37.6. The van der Waals surface area contributed by atoms with E-state index in [1.807, 2.05) is 0 Å². The minimum Gasteiger partial charge on any atom is -0.304 e. The molecule has 100 valence electrons. The zero-order valence-corrected chi connectivity index (χ0v) is 10.3. The quantitative estimate of drug-likeness (QED) is 0.705. The van der Waals surface area contributed by atoms with Crippen LogP contribution in [0.25, 0.3) is 0 Å².